The molecule has 6 rings (SSSR count). The third-order valence-electron chi connectivity index (χ3n) is 7.47. The number of anilines is 1. The fourth-order valence-corrected chi connectivity index (χ4v) is 4.89. The predicted octanol–water partition coefficient (Wildman–Crippen LogP) is 6.45. The molecule has 4 aromatic rings. The minimum absolute atomic E-state index is 0.000547. The molecule has 1 aliphatic carbocycles. The van der Waals surface area contributed by atoms with Crippen LogP contribution in [0, 0.1) is 5.41 Å². The van der Waals surface area contributed by atoms with Crippen molar-refractivity contribution >= 4 is 28.9 Å². The van der Waals surface area contributed by atoms with Crippen molar-refractivity contribution in [1.82, 2.24) is 19.9 Å². The van der Waals surface area contributed by atoms with Crippen LogP contribution in [0.25, 0.3) is 22.2 Å². The Morgan fingerprint density at radius 1 is 1.05 bits per heavy atom. The Labute approximate surface area is 232 Å². The fraction of sp³-hybridized carbons (Fsp3) is 0.355. The number of aromatic nitrogens is 3. The van der Waals surface area contributed by atoms with Gasteiger partial charge < -0.3 is 24.7 Å². The maximum Gasteiger partial charge on any atom is 0.410 e. The minimum Gasteiger partial charge on any atom is -0.457 e. The standard InChI is InChI=1S/C31H33N5O4/c1-30(2,3)40-29(38)36-14-9-19-5-6-22(15-21(19)18-36)39-24-8-13-33-27-26(24)23(17-34-27)20-7-12-32-25(16-20)35-28(37)31(4)10-11-31/h5-8,12-13,15-17H,9-11,14,18H2,1-4H3,(H,33,34)(H,32,35,37). The van der Waals surface area contributed by atoms with Crippen LogP contribution in [-0.4, -0.2) is 44.0 Å². The van der Waals surface area contributed by atoms with Gasteiger partial charge in [0.25, 0.3) is 0 Å². The first-order valence-electron chi connectivity index (χ1n) is 13.6. The van der Waals surface area contributed by atoms with E-state index >= 15 is 0 Å². The van der Waals surface area contributed by atoms with Crippen molar-refractivity contribution in [3.05, 3.63) is 66.1 Å². The summed E-state index contributed by atoms with van der Waals surface area (Å²) in [5.41, 5.74) is 3.86. The van der Waals surface area contributed by atoms with Gasteiger partial charge in [-0.15, -0.1) is 0 Å². The van der Waals surface area contributed by atoms with E-state index in [4.69, 9.17) is 9.47 Å². The Hall–Kier alpha value is -4.40. The number of fused-ring (bicyclic) bond motifs is 2. The number of nitrogens with zero attached hydrogens (tertiary/aromatic N) is 3. The summed E-state index contributed by atoms with van der Waals surface area (Å²) in [6.07, 6.45) is 7.53. The first kappa shape index (κ1) is 25.9. The molecule has 40 heavy (non-hydrogen) atoms. The number of hydrogen-bond acceptors (Lipinski definition) is 6. The zero-order valence-corrected chi connectivity index (χ0v) is 23.2. The van der Waals surface area contributed by atoms with Crippen LogP contribution < -0.4 is 10.1 Å². The molecule has 1 saturated carbocycles. The Kier molecular flexibility index (Phi) is 6.24. The lowest BCUT2D eigenvalue weighted by Gasteiger charge is -2.31. The van der Waals surface area contributed by atoms with E-state index in [0.717, 1.165) is 41.3 Å². The molecule has 2 amide bonds. The van der Waals surface area contributed by atoms with Gasteiger partial charge in [0.2, 0.25) is 5.91 Å². The van der Waals surface area contributed by atoms with Crippen LogP contribution >= 0.6 is 0 Å². The quantitative estimate of drug-likeness (QED) is 0.302. The van der Waals surface area contributed by atoms with E-state index in [2.05, 4.69) is 26.3 Å². The zero-order valence-electron chi connectivity index (χ0n) is 23.2. The molecule has 2 N–H and O–H groups in total. The lowest BCUT2D eigenvalue weighted by Crippen LogP contribution is -2.39. The van der Waals surface area contributed by atoms with Gasteiger partial charge in [-0.1, -0.05) is 13.0 Å². The minimum atomic E-state index is -0.542. The molecule has 2 aliphatic rings. The highest BCUT2D eigenvalue weighted by atomic mass is 16.6. The molecule has 0 radical (unpaired) electrons. The highest BCUT2D eigenvalue weighted by molar-refractivity contribution is 6.00. The summed E-state index contributed by atoms with van der Waals surface area (Å²) >= 11 is 0. The molecule has 0 atom stereocenters. The third-order valence-corrected chi connectivity index (χ3v) is 7.47. The van der Waals surface area contributed by atoms with E-state index in [1.807, 2.05) is 64.2 Å². The van der Waals surface area contributed by atoms with Gasteiger partial charge in [-0.25, -0.2) is 14.8 Å². The van der Waals surface area contributed by atoms with E-state index in [-0.39, 0.29) is 17.4 Å². The molecule has 206 valence electrons. The maximum atomic E-state index is 12.7. The molecule has 9 heteroatoms. The summed E-state index contributed by atoms with van der Waals surface area (Å²) in [5.74, 6) is 1.83. The molecule has 1 aromatic carbocycles. The number of carbonyl (C=O) groups excluding carboxylic acids is 2. The number of benzene rings is 1. The Morgan fingerprint density at radius 2 is 1.85 bits per heavy atom. The summed E-state index contributed by atoms with van der Waals surface area (Å²) in [6.45, 7) is 8.67. The number of ether oxygens (including phenoxy) is 2. The molecule has 1 fully saturated rings. The van der Waals surface area contributed by atoms with E-state index in [0.29, 0.717) is 36.1 Å². The number of pyridine rings is 2. The summed E-state index contributed by atoms with van der Waals surface area (Å²) in [6, 6.07) is 11.6. The second-order valence-electron chi connectivity index (χ2n) is 11.9. The number of carbonyl (C=O) groups is 2. The highest BCUT2D eigenvalue weighted by Gasteiger charge is 2.45. The Bertz CT molecular complexity index is 1620. The lowest BCUT2D eigenvalue weighted by molar-refractivity contribution is -0.120. The number of hydrogen-bond donors (Lipinski definition) is 2. The first-order valence-corrected chi connectivity index (χ1v) is 13.6. The Morgan fingerprint density at radius 3 is 2.62 bits per heavy atom. The summed E-state index contributed by atoms with van der Waals surface area (Å²) in [4.78, 5) is 39.0. The number of aromatic amines is 1. The predicted molar refractivity (Wildman–Crippen MR) is 152 cm³/mol. The van der Waals surface area contributed by atoms with Crippen LogP contribution in [0.3, 0.4) is 0 Å². The average molecular weight is 540 g/mol. The van der Waals surface area contributed by atoms with Crippen molar-refractivity contribution < 1.29 is 19.1 Å². The molecule has 4 heterocycles. The van der Waals surface area contributed by atoms with E-state index in [1.54, 1.807) is 17.3 Å². The van der Waals surface area contributed by atoms with Crippen molar-refractivity contribution in [1.29, 1.82) is 0 Å². The average Bonchev–Trinajstić information content (AvgIpc) is 3.52. The largest absolute Gasteiger partial charge is 0.457 e. The van der Waals surface area contributed by atoms with Gasteiger partial charge in [0, 0.05) is 42.7 Å². The smallest absolute Gasteiger partial charge is 0.410 e. The highest BCUT2D eigenvalue weighted by Crippen LogP contribution is 2.46. The van der Waals surface area contributed by atoms with Crippen molar-refractivity contribution in [3.8, 4) is 22.6 Å². The van der Waals surface area contributed by atoms with Gasteiger partial charge in [0.05, 0.1) is 5.39 Å². The molecule has 9 nitrogen and oxygen atoms in total. The van der Waals surface area contributed by atoms with Gasteiger partial charge in [0.1, 0.15) is 28.6 Å². The molecule has 0 saturated heterocycles. The van der Waals surface area contributed by atoms with Gasteiger partial charge in [-0.2, -0.15) is 0 Å². The van der Waals surface area contributed by atoms with Gasteiger partial charge in [0.15, 0.2) is 0 Å². The van der Waals surface area contributed by atoms with Gasteiger partial charge >= 0.3 is 6.09 Å². The molecular formula is C31H33N5O4. The van der Waals surface area contributed by atoms with Crippen LogP contribution in [0.15, 0.2) is 55.0 Å². The van der Waals surface area contributed by atoms with Gasteiger partial charge in [-0.3, -0.25) is 4.79 Å². The zero-order chi connectivity index (χ0) is 28.1. The molecule has 0 unspecified atom stereocenters. The molecule has 0 spiro atoms. The normalized spacial score (nSPS) is 15.8. The number of rotatable bonds is 5. The SMILES string of the molecule is CC(C)(C)OC(=O)N1CCc2ccc(Oc3ccnc4[nH]cc(-c5ccnc(NC(=O)C6(C)CC6)c5)c34)cc2C1. The molecular weight excluding hydrogens is 506 g/mol. The van der Waals surface area contributed by atoms with Crippen molar-refractivity contribution in [2.75, 3.05) is 11.9 Å². The lowest BCUT2D eigenvalue weighted by atomic mass is 10.00. The van der Waals surface area contributed by atoms with Gasteiger partial charge in [-0.05, 0) is 87.1 Å². The van der Waals surface area contributed by atoms with Crippen LogP contribution in [0.2, 0.25) is 0 Å². The van der Waals surface area contributed by atoms with Crippen LogP contribution in [-0.2, 0) is 22.5 Å². The number of nitrogens with one attached hydrogen (secondary N) is 2. The van der Waals surface area contributed by atoms with E-state index in [1.165, 1.54) is 5.56 Å². The molecule has 0 bridgehead atoms. The molecule has 3 aromatic heterocycles. The van der Waals surface area contributed by atoms with Crippen LogP contribution in [0.5, 0.6) is 11.5 Å². The maximum absolute atomic E-state index is 12.7. The second-order valence-corrected chi connectivity index (χ2v) is 11.9. The number of H-pyrrole nitrogens is 1. The van der Waals surface area contributed by atoms with Crippen molar-refractivity contribution in [2.45, 2.75) is 59.1 Å². The molecule has 1 aliphatic heterocycles. The summed E-state index contributed by atoms with van der Waals surface area (Å²) in [5, 5.41) is 3.79. The monoisotopic (exact) mass is 539 g/mol. The number of amides is 2. The van der Waals surface area contributed by atoms with Crippen LogP contribution in [0.4, 0.5) is 10.6 Å². The second kappa shape index (κ2) is 9.66. The Balaban J connectivity index is 1.26. The topological polar surface area (TPSA) is 109 Å². The van der Waals surface area contributed by atoms with Crippen molar-refractivity contribution in [2.24, 2.45) is 5.41 Å². The third kappa shape index (κ3) is 5.23. The summed E-state index contributed by atoms with van der Waals surface area (Å²) in [7, 11) is 0. The van der Waals surface area contributed by atoms with E-state index < -0.39 is 5.60 Å². The first-order chi connectivity index (χ1) is 19.1. The van der Waals surface area contributed by atoms with Crippen LogP contribution in [0.1, 0.15) is 51.7 Å². The van der Waals surface area contributed by atoms with E-state index in [9.17, 15) is 9.59 Å². The fourth-order valence-electron chi connectivity index (χ4n) is 4.89. The van der Waals surface area contributed by atoms with Crippen molar-refractivity contribution in [3.63, 3.8) is 0 Å². The summed E-state index contributed by atoms with van der Waals surface area (Å²) < 4.78 is 12.0.